The van der Waals surface area contributed by atoms with E-state index in [0.717, 1.165) is 22.1 Å². The third kappa shape index (κ3) is 4.83. The van der Waals surface area contributed by atoms with Gasteiger partial charge < -0.3 is 15.7 Å². The minimum absolute atomic E-state index is 0.0526. The number of hydrogen-bond donors (Lipinski definition) is 3. The van der Waals surface area contributed by atoms with Crippen molar-refractivity contribution in [3.8, 4) is 0 Å². The van der Waals surface area contributed by atoms with Crippen LogP contribution < -0.4 is 10.6 Å². The predicted octanol–water partition coefficient (Wildman–Crippen LogP) is 4.05. The topological polar surface area (TPSA) is 70.1 Å². The highest BCUT2D eigenvalue weighted by molar-refractivity contribution is 6.31. The van der Waals surface area contributed by atoms with Crippen LogP contribution in [0.15, 0.2) is 30.3 Å². The van der Waals surface area contributed by atoms with Gasteiger partial charge in [-0.05, 0) is 30.4 Å². The number of aliphatic hydroxyl groups is 1. The maximum atomic E-state index is 9.55. The Balaban J connectivity index is 1.77. The summed E-state index contributed by atoms with van der Waals surface area (Å²) in [5, 5.41) is 16.9. The van der Waals surface area contributed by atoms with Crippen LogP contribution >= 0.6 is 11.6 Å². The molecular weight excluding hydrogens is 336 g/mol. The molecule has 134 valence electrons. The highest BCUT2D eigenvalue weighted by Crippen LogP contribution is 2.40. The van der Waals surface area contributed by atoms with E-state index in [-0.39, 0.29) is 18.6 Å². The molecule has 0 radical (unpaired) electrons. The molecule has 0 saturated heterocycles. The minimum atomic E-state index is -0.0640. The maximum absolute atomic E-state index is 9.55. The van der Waals surface area contributed by atoms with E-state index in [1.165, 1.54) is 12.8 Å². The van der Waals surface area contributed by atoms with E-state index in [4.69, 9.17) is 11.6 Å². The molecule has 2 aromatic rings. The Labute approximate surface area is 153 Å². The van der Waals surface area contributed by atoms with E-state index in [1.54, 1.807) is 0 Å². The molecule has 1 aromatic heterocycles. The fourth-order valence-corrected chi connectivity index (χ4v) is 2.83. The van der Waals surface area contributed by atoms with Gasteiger partial charge in [0.1, 0.15) is 5.82 Å². The average molecular weight is 361 g/mol. The summed E-state index contributed by atoms with van der Waals surface area (Å²) in [7, 11) is 0. The van der Waals surface area contributed by atoms with E-state index < -0.39 is 0 Å². The number of benzene rings is 1. The van der Waals surface area contributed by atoms with E-state index in [0.29, 0.717) is 18.4 Å². The van der Waals surface area contributed by atoms with Gasteiger partial charge in [-0.25, -0.2) is 4.98 Å². The molecule has 1 heterocycles. The van der Waals surface area contributed by atoms with Gasteiger partial charge in [0, 0.05) is 23.6 Å². The van der Waals surface area contributed by atoms with Gasteiger partial charge in [-0.15, -0.1) is 0 Å². The molecule has 1 fully saturated rings. The number of anilines is 2. The Morgan fingerprint density at radius 3 is 2.64 bits per heavy atom. The first-order valence-corrected chi connectivity index (χ1v) is 9.18. The van der Waals surface area contributed by atoms with Crippen LogP contribution in [-0.4, -0.2) is 27.7 Å². The summed E-state index contributed by atoms with van der Waals surface area (Å²) in [6, 6.07) is 9.73. The summed E-state index contributed by atoms with van der Waals surface area (Å²) >= 11 is 6.22. The molecule has 0 unspecified atom stereocenters. The van der Waals surface area contributed by atoms with Crippen LogP contribution in [0.2, 0.25) is 5.02 Å². The van der Waals surface area contributed by atoms with Crippen LogP contribution in [0.5, 0.6) is 0 Å². The van der Waals surface area contributed by atoms with Gasteiger partial charge in [-0.2, -0.15) is 4.98 Å². The molecule has 1 aliphatic rings. The lowest BCUT2D eigenvalue weighted by Gasteiger charge is -2.20. The van der Waals surface area contributed by atoms with Crippen LogP contribution in [-0.2, 0) is 6.54 Å². The summed E-state index contributed by atoms with van der Waals surface area (Å²) in [6.45, 7) is 4.79. The monoisotopic (exact) mass is 360 g/mol. The van der Waals surface area contributed by atoms with Crippen molar-refractivity contribution in [1.29, 1.82) is 0 Å². The second kappa shape index (κ2) is 8.02. The number of nitrogens with zero attached hydrogens (tertiary/aromatic N) is 2. The molecule has 5 nitrogen and oxygen atoms in total. The van der Waals surface area contributed by atoms with Crippen LogP contribution in [0.25, 0.3) is 0 Å². The molecule has 1 saturated carbocycles. The van der Waals surface area contributed by atoms with Crippen molar-refractivity contribution >= 4 is 23.4 Å². The first-order chi connectivity index (χ1) is 12.1. The first kappa shape index (κ1) is 18.0. The molecule has 3 N–H and O–H groups in total. The Kier molecular flexibility index (Phi) is 5.76. The first-order valence-electron chi connectivity index (χ1n) is 8.80. The van der Waals surface area contributed by atoms with Gasteiger partial charge in [0.25, 0.3) is 0 Å². The zero-order chi connectivity index (χ0) is 17.8. The zero-order valence-corrected chi connectivity index (χ0v) is 15.4. The predicted molar refractivity (Wildman–Crippen MR) is 102 cm³/mol. The molecule has 1 atom stereocenters. The second-order valence-corrected chi connectivity index (χ2v) is 7.31. The van der Waals surface area contributed by atoms with Crippen LogP contribution in [0.3, 0.4) is 0 Å². The van der Waals surface area contributed by atoms with Gasteiger partial charge in [0.2, 0.25) is 5.95 Å². The largest absolute Gasteiger partial charge is 0.394 e. The highest BCUT2D eigenvalue weighted by Gasteiger charge is 2.26. The van der Waals surface area contributed by atoms with E-state index in [2.05, 4.69) is 34.4 Å². The summed E-state index contributed by atoms with van der Waals surface area (Å²) in [5.74, 6) is 2.16. The smallest absolute Gasteiger partial charge is 0.225 e. The van der Waals surface area contributed by atoms with Crippen molar-refractivity contribution in [3.05, 3.63) is 46.6 Å². The van der Waals surface area contributed by atoms with Crippen molar-refractivity contribution in [2.24, 2.45) is 5.92 Å². The summed E-state index contributed by atoms with van der Waals surface area (Å²) in [5.41, 5.74) is 2.08. The molecule has 1 aromatic carbocycles. The quantitative estimate of drug-likeness (QED) is 0.662. The standard InChI is InChI=1S/C19H25ClN4O/c1-12(2)17(11-25)23-19-22-16(13-7-8-13)9-18(24-19)21-10-14-5-3-4-6-15(14)20/h3-6,9,12-13,17,25H,7-8,10-11H2,1-2H3,(H2,21,22,23,24)/t17-/m0/s1. The molecule has 0 spiro atoms. The molecule has 0 amide bonds. The van der Waals surface area contributed by atoms with Crippen molar-refractivity contribution in [3.63, 3.8) is 0 Å². The third-order valence-electron chi connectivity index (χ3n) is 4.48. The Morgan fingerprint density at radius 2 is 2.00 bits per heavy atom. The number of hydrogen-bond acceptors (Lipinski definition) is 5. The lowest BCUT2D eigenvalue weighted by Crippen LogP contribution is -2.30. The summed E-state index contributed by atoms with van der Waals surface area (Å²) < 4.78 is 0. The van der Waals surface area contributed by atoms with Gasteiger partial charge in [0.05, 0.1) is 18.3 Å². The zero-order valence-electron chi connectivity index (χ0n) is 14.7. The lowest BCUT2D eigenvalue weighted by molar-refractivity contribution is 0.248. The normalized spacial score (nSPS) is 15.2. The third-order valence-corrected chi connectivity index (χ3v) is 4.84. The van der Waals surface area contributed by atoms with Gasteiger partial charge in [-0.1, -0.05) is 43.6 Å². The van der Waals surface area contributed by atoms with Crippen LogP contribution in [0.4, 0.5) is 11.8 Å². The average Bonchev–Trinajstić information content (AvgIpc) is 3.43. The van der Waals surface area contributed by atoms with Crippen LogP contribution in [0, 0.1) is 5.92 Å². The van der Waals surface area contributed by atoms with Gasteiger partial charge in [0.15, 0.2) is 0 Å². The molecule has 0 bridgehead atoms. The molecule has 6 heteroatoms. The summed E-state index contributed by atoms with van der Waals surface area (Å²) in [6.07, 6.45) is 2.35. The minimum Gasteiger partial charge on any atom is -0.394 e. The Bertz CT molecular complexity index is 718. The van der Waals surface area contributed by atoms with Gasteiger partial charge >= 0.3 is 0 Å². The van der Waals surface area contributed by atoms with Crippen molar-refractivity contribution < 1.29 is 5.11 Å². The fourth-order valence-electron chi connectivity index (χ4n) is 2.63. The lowest BCUT2D eigenvalue weighted by atomic mass is 10.1. The van der Waals surface area contributed by atoms with Crippen LogP contribution in [0.1, 0.15) is 43.9 Å². The number of nitrogens with one attached hydrogen (secondary N) is 2. The number of rotatable bonds is 8. The summed E-state index contributed by atoms with van der Waals surface area (Å²) in [4.78, 5) is 9.21. The molecule has 3 rings (SSSR count). The van der Waals surface area contributed by atoms with E-state index in [9.17, 15) is 5.11 Å². The SMILES string of the molecule is CC(C)[C@H](CO)Nc1nc(NCc2ccccc2Cl)cc(C2CC2)n1. The Morgan fingerprint density at radius 1 is 1.24 bits per heavy atom. The number of aromatic nitrogens is 2. The molecule has 25 heavy (non-hydrogen) atoms. The van der Waals surface area contributed by atoms with E-state index >= 15 is 0 Å². The number of halogens is 1. The van der Waals surface area contributed by atoms with Gasteiger partial charge in [-0.3, -0.25) is 0 Å². The van der Waals surface area contributed by atoms with Crippen molar-refractivity contribution in [2.45, 2.75) is 45.2 Å². The second-order valence-electron chi connectivity index (χ2n) is 6.90. The molecular formula is C19H25ClN4O. The van der Waals surface area contributed by atoms with Crippen molar-refractivity contribution in [1.82, 2.24) is 9.97 Å². The van der Waals surface area contributed by atoms with Crippen molar-refractivity contribution in [2.75, 3.05) is 17.2 Å². The fraction of sp³-hybridized carbons (Fsp3) is 0.474. The Hall–Kier alpha value is -1.85. The molecule has 0 aliphatic heterocycles. The number of aliphatic hydroxyl groups excluding tert-OH is 1. The maximum Gasteiger partial charge on any atom is 0.225 e. The van der Waals surface area contributed by atoms with E-state index in [1.807, 2.05) is 30.3 Å². The highest BCUT2D eigenvalue weighted by atomic mass is 35.5. The molecule has 1 aliphatic carbocycles.